The van der Waals surface area contributed by atoms with E-state index in [4.69, 9.17) is 9.47 Å². The molecule has 5 rings (SSSR count). The molecule has 10 heteroatoms. The molecule has 0 amide bonds. The van der Waals surface area contributed by atoms with Crippen molar-refractivity contribution in [1.82, 2.24) is 10.3 Å². The third kappa shape index (κ3) is 3.69. The van der Waals surface area contributed by atoms with Crippen LogP contribution >= 0.6 is 0 Å². The first-order valence-electron chi connectivity index (χ1n) is 11.0. The highest BCUT2D eigenvalue weighted by Gasteiger charge is 2.48. The third-order valence-electron chi connectivity index (χ3n) is 6.66. The molecule has 174 valence electrons. The number of benzene rings is 1. The maximum Gasteiger partial charge on any atom is 0.311 e. The number of hydrogen-bond donors (Lipinski definition) is 2. The van der Waals surface area contributed by atoms with Gasteiger partial charge in [-0.1, -0.05) is 24.3 Å². The number of nitriles is 1. The Morgan fingerprint density at radius 2 is 2.29 bits per heavy atom. The van der Waals surface area contributed by atoms with Crippen molar-refractivity contribution in [2.75, 3.05) is 13.2 Å². The summed E-state index contributed by atoms with van der Waals surface area (Å²) in [6.07, 6.45) is 9.90. The van der Waals surface area contributed by atoms with E-state index in [0.717, 1.165) is 0 Å². The van der Waals surface area contributed by atoms with Crippen molar-refractivity contribution in [1.29, 1.82) is 5.26 Å². The van der Waals surface area contributed by atoms with Crippen molar-refractivity contribution in [3.05, 3.63) is 63.9 Å². The second-order valence-electron chi connectivity index (χ2n) is 8.75. The smallest absolute Gasteiger partial charge is 0.311 e. The number of aromatic nitrogens is 1. The predicted octanol–water partition coefficient (Wildman–Crippen LogP) is 2.96. The summed E-state index contributed by atoms with van der Waals surface area (Å²) in [4.78, 5) is 27.3. The zero-order chi connectivity index (χ0) is 23.9. The number of allylic oxidation sites excluding steroid dienone is 2. The van der Waals surface area contributed by atoms with Crippen LogP contribution in [0.3, 0.4) is 0 Å². The number of hydrogen-bond acceptors (Lipinski definition) is 8. The van der Waals surface area contributed by atoms with Crippen molar-refractivity contribution in [2.24, 2.45) is 5.92 Å². The molecule has 4 unspecified atom stereocenters. The van der Waals surface area contributed by atoms with Crippen LogP contribution in [0.5, 0.6) is 5.75 Å². The Morgan fingerprint density at radius 3 is 3.00 bits per heavy atom. The van der Waals surface area contributed by atoms with E-state index in [-0.39, 0.29) is 41.5 Å². The molecule has 0 saturated carbocycles. The lowest BCUT2D eigenvalue weighted by atomic mass is 9.74. The lowest BCUT2D eigenvalue weighted by molar-refractivity contribution is -0.385. The summed E-state index contributed by atoms with van der Waals surface area (Å²) in [7, 11) is 0. The van der Waals surface area contributed by atoms with E-state index in [9.17, 15) is 25.3 Å². The highest BCUT2D eigenvalue weighted by Crippen LogP contribution is 2.48. The minimum atomic E-state index is -0.923. The van der Waals surface area contributed by atoms with Crippen LogP contribution < -0.4 is 10.1 Å². The van der Waals surface area contributed by atoms with Gasteiger partial charge in [0.2, 0.25) is 0 Å². The van der Waals surface area contributed by atoms with Gasteiger partial charge in [-0.2, -0.15) is 5.26 Å². The number of carboxylic acids is 1. The number of carbonyl (C=O) groups is 1. The molecule has 2 fully saturated rings. The van der Waals surface area contributed by atoms with E-state index in [0.29, 0.717) is 42.5 Å². The van der Waals surface area contributed by atoms with Crippen molar-refractivity contribution in [3.8, 4) is 11.8 Å². The van der Waals surface area contributed by atoms with Gasteiger partial charge in [0.25, 0.3) is 0 Å². The van der Waals surface area contributed by atoms with Crippen LogP contribution in [0.25, 0.3) is 10.9 Å². The van der Waals surface area contributed by atoms with Crippen LogP contribution in [0, 0.1) is 27.4 Å². The molecule has 0 spiro atoms. The predicted molar refractivity (Wildman–Crippen MR) is 120 cm³/mol. The molecule has 2 aromatic rings. The average Bonchev–Trinajstić information content (AvgIpc) is 3.44. The summed E-state index contributed by atoms with van der Waals surface area (Å²) in [5.74, 6) is -0.953. The van der Waals surface area contributed by atoms with Gasteiger partial charge in [0.05, 0.1) is 41.2 Å². The van der Waals surface area contributed by atoms with Gasteiger partial charge in [-0.25, -0.2) is 0 Å². The zero-order valence-electron chi connectivity index (χ0n) is 18.1. The molecular weight excluding hydrogens is 440 g/mol. The number of pyridine rings is 1. The fourth-order valence-electron chi connectivity index (χ4n) is 5.25. The van der Waals surface area contributed by atoms with E-state index in [1.807, 2.05) is 24.3 Å². The summed E-state index contributed by atoms with van der Waals surface area (Å²) in [5.41, 5.74) is 0.163. The summed E-state index contributed by atoms with van der Waals surface area (Å²) < 4.78 is 11.2. The monoisotopic (exact) mass is 462 g/mol. The quantitative estimate of drug-likeness (QED) is 0.488. The van der Waals surface area contributed by atoms with Gasteiger partial charge < -0.3 is 19.9 Å². The van der Waals surface area contributed by atoms with Crippen LogP contribution in [-0.4, -0.2) is 46.3 Å². The van der Waals surface area contributed by atoms with E-state index in [2.05, 4.69) is 16.4 Å². The first-order chi connectivity index (χ1) is 16.4. The number of nitro groups is 1. The minimum absolute atomic E-state index is 0.0770. The van der Waals surface area contributed by atoms with Crippen molar-refractivity contribution in [2.45, 2.75) is 36.9 Å². The number of nitrogens with zero attached hydrogens (tertiary/aromatic N) is 3. The van der Waals surface area contributed by atoms with Crippen LogP contribution in [0.4, 0.5) is 5.69 Å². The van der Waals surface area contributed by atoms with E-state index < -0.39 is 16.4 Å². The van der Waals surface area contributed by atoms with Gasteiger partial charge in [-0.05, 0) is 6.42 Å². The molecule has 1 aromatic carbocycles. The third-order valence-corrected chi connectivity index (χ3v) is 6.66. The van der Waals surface area contributed by atoms with Crippen molar-refractivity contribution < 1.29 is 24.3 Å². The van der Waals surface area contributed by atoms with Crippen LogP contribution in [0.15, 0.2) is 42.6 Å². The van der Waals surface area contributed by atoms with E-state index >= 15 is 0 Å². The normalized spacial score (nSPS) is 27.4. The summed E-state index contributed by atoms with van der Waals surface area (Å²) >= 11 is 0. The van der Waals surface area contributed by atoms with Gasteiger partial charge in [0.1, 0.15) is 12.2 Å². The number of carboxylic acid groups (broad SMARTS) is 1. The maximum absolute atomic E-state index is 12.0. The molecule has 2 saturated heterocycles. The molecule has 2 N–H and O–H groups in total. The number of ether oxygens (including phenoxy) is 2. The van der Waals surface area contributed by atoms with Crippen molar-refractivity contribution in [3.63, 3.8) is 0 Å². The minimum Gasteiger partial charge on any atom is -0.481 e. The molecule has 0 radical (unpaired) electrons. The Balaban J connectivity index is 1.70. The van der Waals surface area contributed by atoms with Crippen LogP contribution in [0.2, 0.25) is 0 Å². The second kappa shape index (κ2) is 8.52. The largest absolute Gasteiger partial charge is 0.481 e. The van der Waals surface area contributed by atoms with Gasteiger partial charge in [0.15, 0.2) is 5.75 Å². The molecule has 0 bridgehead atoms. The van der Waals surface area contributed by atoms with Gasteiger partial charge in [-0.3, -0.25) is 19.9 Å². The highest BCUT2D eigenvalue weighted by atomic mass is 16.6. The first kappa shape index (κ1) is 22.0. The number of aliphatic carboxylic acids is 1. The maximum atomic E-state index is 12.0. The van der Waals surface area contributed by atoms with Gasteiger partial charge in [-0.15, -0.1) is 0 Å². The molecule has 2 aliphatic heterocycles. The summed E-state index contributed by atoms with van der Waals surface area (Å²) in [5, 5.41) is 35.1. The van der Waals surface area contributed by atoms with Crippen LogP contribution in [-0.2, 0) is 15.1 Å². The molecule has 10 nitrogen and oxygen atoms in total. The fourth-order valence-corrected chi connectivity index (χ4v) is 5.25. The standard InChI is InChI=1S/C24H22N4O6/c25-11-14-12-26-19-10-21(34-17-4-6-33-13-17)20(28(31)32)9-18(19)23(14)24-5-2-1-3-15(24)7-16(27-24)8-22(29)30/h1-3,5,9-10,12,15-17,27H,4,6-8,13H2,(H,29,30). The molecule has 34 heavy (non-hydrogen) atoms. The summed E-state index contributed by atoms with van der Waals surface area (Å²) in [6.45, 7) is 0.894. The molecule has 1 aliphatic carbocycles. The number of nitrogens with one attached hydrogen (secondary N) is 1. The Morgan fingerprint density at radius 1 is 1.44 bits per heavy atom. The number of fused-ring (bicyclic) bond motifs is 2. The SMILES string of the molecule is N#Cc1cnc2cc(OC3CCOC3)c([N+](=O)[O-])cc2c1C12C=CC=CC1CC(CC(=O)O)N2. The molecule has 3 heterocycles. The average molecular weight is 462 g/mol. The summed E-state index contributed by atoms with van der Waals surface area (Å²) in [6, 6.07) is 4.79. The molecular formula is C24H22N4O6. The molecule has 3 aliphatic rings. The highest BCUT2D eigenvalue weighted by molar-refractivity contribution is 5.90. The zero-order valence-corrected chi connectivity index (χ0v) is 18.1. The van der Waals surface area contributed by atoms with Crippen LogP contribution in [0.1, 0.15) is 30.4 Å². The lowest BCUT2D eigenvalue weighted by Crippen LogP contribution is -2.44. The lowest BCUT2D eigenvalue weighted by Gasteiger charge is -2.35. The second-order valence-corrected chi connectivity index (χ2v) is 8.75. The van der Waals surface area contributed by atoms with Gasteiger partial charge in [0, 0.05) is 47.7 Å². The Kier molecular flexibility index (Phi) is 5.51. The van der Waals surface area contributed by atoms with Crippen molar-refractivity contribution >= 4 is 22.6 Å². The number of nitro benzene ring substituents is 1. The Hall–Kier alpha value is -3.81. The van der Waals surface area contributed by atoms with E-state index in [1.54, 1.807) is 0 Å². The fraction of sp³-hybridized carbons (Fsp3) is 0.375. The Labute approximate surface area is 194 Å². The first-order valence-corrected chi connectivity index (χ1v) is 11.0. The van der Waals surface area contributed by atoms with E-state index in [1.165, 1.54) is 18.3 Å². The number of rotatable bonds is 6. The Bertz CT molecular complexity index is 1280. The molecule has 1 aromatic heterocycles. The van der Waals surface area contributed by atoms with Gasteiger partial charge >= 0.3 is 11.7 Å². The molecule has 4 atom stereocenters. The topological polar surface area (TPSA) is 148 Å².